The summed E-state index contributed by atoms with van der Waals surface area (Å²) in [6.07, 6.45) is 5.44. The molecule has 0 radical (unpaired) electrons. The smallest absolute Gasteiger partial charge is 0.335 e. The van der Waals surface area contributed by atoms with Gasteiger partial charge < -0.3 is 20.1 Å². The average molecular weight is 449 g/mol. The van der Waals surface area contributed by atoms with Crippen molar-refractivity contribution < 1.29 is 14.7 Å². The van der Waals surface area contributed by atoms with Gasteiger partial charge >= 0.3 is 5.97 Å². The highest BCUT2D eigenvalue weighted by Crippen LogP contribution is 2.26. The van der Waals surface area contributed by atoms with Crippen LogP contribution in [0.15, 0.2) is 97.5 Å². The first-order valence-electron chi connectivity index (χ1n) is 10.5. The van der Waals surface area contributed by atoms with Gasteiger partial charge in [-0.15, -0.1) is 0 Å². The Labute approximate surface area is 194 Å². The van der Waals surface area contributed by atoms with E-state index in [9.17, 15) is 9.59 Å². The van der Waals surface area contributed by atoms with Gasteiger partial charge in [0.2, 0.25) is 0 Å². The second-order valence-electron chi connectivity index (χ2n) is 7.54. The van der Waals surface area contributed by atoms with E-state index in [1.807, 2.05) is 65.3 Å². The van der Waals surface area contributed by atoms with Crippen molar-refractivity contribution in [2.45, 2.75) is 0 Å². The lowest BCUT2D eigenvalue weighted by molar-refractivity contribution is 0.0696. The number of anilines is 3. The van der Waals surface area contributed by atoms with Gasteiger partial charge in [0.25, 0.3) is 5.91 Å². The van der Waals surface area contributed by atoms with Crippen LogP contribution in [-0.4, -0.2) is 31.4 Å². The van der Waals surface area contributed by atoms with Gasteiger partial charge in [0, 0.05) is 41.1 Å². The topological polar surface area (TPSA) is 109 Å². The van der Waals surface area contributed by atoms with Gasteiger partial charge in [-0.2, -0.15) is 0 Å². The Morgan fingerprint density at radius 3 is 2.35 bits per heavy atom. The van der Waals surface area contributed by atoms with Crippen LogP contribution in [0.5, 0.6) is 0 Å². The first-order chi connectivity index (χ1) is 16.6. The lowest BCUT2D eigenvalue weighted by atomic mass is 10.1. The Morgan fingerprint density at radius 2 is 1.59 bits per heavy atom. The first kappa shape index (κ1) is 20.9. The molecule has 0 aliphatic heterocycles. The zero-order valence-electron chi connectivity index (χ0n) is 17.8. The van der Waals surface area contributed by atoms with Crippen LogP contribution in [0.4, 0.5) is 17.2 Å². The quantitative estimate of drug-likeness (QED) is 0.333. The van der Waals surface area contributed by atoms with E-state index in [0.717, 1.165) is 11.3 Å². The molecule has 8 nitrogen and oxygen atoms in total. The molecule has 2 heterocycles. The minimum absolute atomic E-state index is 0.124. The Kier molecular flexibility index (Phi) is 5.45. The Balaban J connectivity index is 1.43. The molecule has 0 bridgehead atoms. The summed E-state index contributed by atoms with van der Waals surface area (Å²) in [6.45, 7) is 0. The van der Waals surface area contributed by atoms with Crippen LogP contribution in [-0.2, 0) is 0 Å². The first-order valence-corrected chi connectivity index (χ1v) is 10.5. The third kappa shape index (κ3) is 4.33. The zero-order chi connectivity index (χ0) is 23.5. The molecular formula is C26H19N5O3. The molecule has 5 aromatic rings. The van der Waals surface area contributed by atoms with E-state index in [0.29, 0.717) is 28.4 Å². The molecule has 2 aromatic heterocycles. The Hall–Kier alpha value is -4.98. The number of imidazole rings is 1. The van der Waals surface area contributed by atoms with E-state index >= 15 is 0 Å². The number of rotatable bonds is 6. The second kappa shape index (κ2) is 8.87. The molecule has 1 amide bonds. The maximum atomic E-state index is 12.6. The number of para-hydroxylation sites is 1. The predicted octanol–water partition coefficient (Wildman–Crippen LogP) is 5.09. The molecule has 166 valence electrons. The molecule has 5 rings (SSSR count). The summed E-state index contributed by atoms with van der Waals surface area (Å²) in [7, 11) is 0. The number of hydrogen-bond donors (Lipinski definition) is 3. The van der Waals surface area contributed by atoms with Crippen molar-refractivity contribution in [1.82, 2.24) is 14.4 Å². The van der Waals surface area contributed by atoms with Crippen molar-refractivity contribution in [2.75, 3.05) is 10.6 Å². The molecule has 0 aliphatic carbocycles. The van der Waals surface area contributed by atoms with Crippen molar-refractivity contribution >= 4 is 34.7 Å². The van der Waals surface area contributed by atoms with Gasteiger partial charge in [-0.1, -0.05) is 30.3 Å². The number of hydrogen-bond acceptors (Lipinski definition) is 5. The van der Waals surface area contributed by atoms with Crippen LogP contribution < -0.4 is 10.6 Å². The number of nitrogens with zero attached hydrogens (tertiary/aromatic N) is 3. The lowest BCUT2D eigenvalue weighted by Crippen LogP contribution is -2.12. The highest BCUT2D eigenvalue weighted by molar-refractivity contribution is 6.05. The molecule has 0 atom stereocenters. The molecule has 0 unspecified atom stereocenters. The highest BCUT2D eigenvalue weighted by atomic mass is 16.4. The van der Waals surface area contributed by atoms with Gasteiger partial charge in [-0.25, -0.2) is 14.8 Å². The molecule has 3 aromatic carbocycles. The van der Waals surface area contributed by atoms with Crippen molar-refractivity contribution in [3.05, 3.63) is 109 Å². The van der Waals surface area contributed by atoms with Crippen LogP contribution in [0.3, 0.4) is 0 Å². The third-order valence-electron chi connectivity index (χ3n) is 5.22. The highest BCUT2D eigenvalue weighted by Gasteiger charge is 2.12. The van der Waals surface area contributed by atoms with E-state index in [1.54, 1.807) is 12.3 Å². The molecule has 34 heavy (non-hydrogen) atoms. The van der Waals surface area contributed by atoms with Crippen LogP contribution in [0, 0.1) is 0 Å². The summed E-state index contributed by atoms with van der Waals surface area (Å²) in [5.74, 6) is -0.761. The maximum Gasteiger partial charge on any atom is 0.335 e. The van der Waals surface area contributed by atoms with Crippen molar-refractivity contribution in [2.24, 2.45) is 0 Å². The summed E-state index contributed by atoms with van der Waals surface area (Å²) in [6, 6.07) is 22.9. The fourth-order valence-corrected chi connectivity index (χ4v) is 3.54. The number of carboxylic acids is 1. The number of aromatic nitrogens is 3. The van der Waals surface area contributed by atoms with Crippen molar-refractivity contribution in [1.29, 1.82) is 0 Å². The van der Waals surface area contributed by atoms with Crippen LogP contribution in [0.1, 0.15) is 20.7 Å². The van der Waals surface area contributed by atoms with E-state index < -0.39 is 5.97 Å². The number of carbonyl (C=O) groups is 2. The number of benzene rings is 3. The fourth-order valence-electron chi connectivity index (χ4n) is 3.54. The van der Waals surface area contributed by atoms with Gasteiger partial charge in [-0.05, 0) is 48.5 Å². The largest absolute Gasteiger partial charge is 0.478 e. The summed E-state index contributed by atoms with van der Waals surface area (Å²) in [4.78, 5) is 32.8. The molecular weight excluding hydrogens is 430 g/mol. The molecule has 0 spiro atoms. The number of fused-ring (bicyclic) bond motifs is 1. The summed E-state index contributed by atoms with van der Waals surface area (Å²) in [5.41, 5.74) is 4.18. The standard InChI is InChI=1S/C26H19N5O3/c32-25(17-9-11-18(12-10-17)26(33)34)29-21-8-4-5-19(15-21)22-16-31-14-13-27-24(31)23(30-22)28-20-6-2-1-3-7-20/h1-16H,(H,28,30)(H,29,32)(H,33,34). The predicted molar refractivity (Wildman–Crippen MR) is 130 cm³/mol. The van der Waals surface area contributed by atoms with Gasteiger partial charge in [0.05, 0.1) is 11.3 Å². The molecule has 0 fully saturated rings. The lowest BCUT2D eigenvalue weighted by Gasteiger charge is -2.11. The molecule has 8 heteroatoms. The minimum atomic E-state index is -1.04. The summed E-state index contributed by atoms with van der Waals surface area (Å²) in [5, 5.41) is 15.2. The molecule has 3 N–H and O–H groups in total. The maximum absolute atomic E-state index is 12.6. The van der Waals surface area contributed by atoms with Crippen LogP contribution in [0.2, 0.25) is 0 Å². The molecule has 0 saturated carbocycles. The van der Waals surface area contributed by atoms with Crippen LogP contribution in [0.25, 0.3) is 16.9 Å². The van der Waals surface area contributed by atoms with E-state index in [1.165, 1.54) is 24.3 Å². The van der Waals surface area contributed by atoms with E-state index in [-0.39, 0.29) is 11.5 Å². The minimum Gasteiger partial charge on any atom is -0.478 e. The Morgan fingerprint density at radius 1 is 0.853 bits per heavy atom. The number of amides is 1. The average Bonchev–Trinajstić information content (AvgIpc) is 3.34. The van der Waals surface area contributed by atoms with E-state index in [4.69, 9.17) is 10.1 Å². The summed E-state index contributed by atoms with van der Waals surface area (Å²) < 4.78 is 1.89. The van der Waals surface area contributed by atoms with Gasteiger partial charge in [0.1, 0.15) is 0 Å². The normalized spacial score (nSPS) is 10.7. The molecule has 0 aliphatic rings. The van der Waals surface area contributed by atoms with Crippen molar-refractivity contribution in [3.63, 3.8) is 0 Å². The third-order valence-corrected chi connectivity index (χ3v) is 5.22. The van der Waals surface area contributed by atoms with Gasteiger partial charge in [-0.3, -0.25) is 4.79 Å². The molecule has 0 saturated heterocycles. The van der Waals surface area contributed by atoms with E-state index in [2.05, 4.69) is 15.6 Å². The number of aromatic carboxylic acids is 1. The Bertz CT molecular complexity index is 1490. The number of carbonyl (C=O) groups excluding carboxylic acids is 1. The van der Waals surface area contributed by atoms with Crippen LogP contribution >= 0.6 is 0 Å². The van der Waals surface area contributed by atoms with Crippen molar-refractivity contribution in [3.8, 4) is 11.3 Å². The monoisotopic (exact) mass is 449 g/mol. The number of nitrogens with one attached hydrogen (secondary N) is 2. The fraction of sp³-hybridized carbons (Fsp3) is 0. The van der Waals surface area contributed by atoms with Gasteiger partial charge in [0.15, 0.2) is 11.5 Å². The number of carboxylic acid groups (broad SMARTS) is 1. The SMILES string of the molecule is O=C(O)c1ccc(C(=O)Nc2cccc(-c3cn4ccnc4c(Nc4ccccc4)n3)c2)cc1. The second-order valence-corrected chi connectivity index (χ2v) is 7.54. The summed E-state index contributed by atoms with van der Waals surface area (Å²) >= 11 is 0. The zero-order valence-corrected chi connectivity index (χ0v) is 17.8.